The first-order chi connectivity index (χ1) is 10.7. The van der Waals surface area contributed by atoms with Crippen molar-refractivity contribution in [2.75, 3.05) is 7.11 Å². The summed E-state index contributed by atoms with van der Waals surface area (Å²) in [7, 11) is 1.52. The van der Waals surface area contributed by atoms with Gasteiger partial charge in [-0.3, -0.25) is 0 Å². The van der Waals surface area contributed by atoms with Gasteiger partial charge in [0.05, 0.1) is 17.5 Å². The lowest BCUT2D eigenvalue weighted by Crippen LogP contribution is -1.99. The van der Waals surface area contributed by atoms with Crippen LogP contribution in [0.25, 0.3) is 11.0 Å². The molecule has 0 aliphatic heterocycles. The van der Waals surface area contributed by atoms with Crippen molar-refractivity contribution in [1.82, 2.24) is 0 Å². The third kappa shape index (κ3) is 2.92. The molecule has 0 N–H and O–H groups in total. The second-order valence-electron chi connectivity index (χ2n) is 4.69. The van der Waals surface area contributed by atoms with Crippen LogP contribution in [-0.4, -0.2) is 7.11 Å². The van der Waals surface area contributed by atoms with Gasteiger partial charge in [-0.25, -0.2) is 4.79 Å². The highest BCUT2D eigenvalue weighted by Gasteiger charge is 2.12. The van der Waals surface area contributed by atoms with E-state index in [-0.39, 0.29) is 5.02 Å². The summed E-state index contributed by atoms with van der Waals surface area (Å²) in [5.74, 6) is 1.04. The Kier molecular flexibility index (Phi) is 4.02. The van der Waals surface area contributed by atoms with E-state index in [0.29, 0.717) is 29.1 Å². The molecule has 0 aliphatic carbocycles. The molecular weight excluding hydrogens is 304 g/mol. The zero-order valence-electron chi connectivity index (χ0n) is 11.8. The van der Waals surface area contributed by atoms with Crippen molar-refractivity contribution < 1.29 is 13.9 Å². The molecule has 0 atom stereocenters. The number of halogens is 1. The Morgan fingerprint density at radius 2 is 1.91 bits per heavy atom. The molecule has 1 heterocycles. The highest BCUT2D eigenvalue weighted by Crippen LogP contribution is 2.35. The minimum absolute atomic E-state index is 0.290. The monoisotopic (exact) mass is 316 g/mol. The van der Waals surface area contributed by atoms with Crippen LogP contribution in [0.3, 0.4) is 0 Å². The minimum atomic E-state index is -0.514. The zero-order chi connectivity index (χ0) is 15.5. The normalized spacial score (nSPS) is 10.6. The number of ether oxygens (including phenoxy) is 2. The standard InChI is InChI=1S/C17H13ClO4/c1-20-14-7-12(21-10-11-5-3-2-4-6-11)8-15-17(14)13(18)9-16(19)22-15/h2-9H,10H2,1H3. The maximum atomic E-state index is 11.5. The molecule has 0 saturated carbocycles. The van der Waals surface area contributed by atoms with E-state index in [1.54, 1.807) is 12.1 Å². The van der Waals surface area contributed by atoms with Crippen LogP contribution in [0.5, 0.6) is 11.5 Å². The first-order valence-corrected chi connectivity index (χ1v) is 7.03. The Morgan fingerprint density at radius 1 is 1.14 bits per heavy atom. The molecule has 0 saturated heterocycles. The molecule has 0 spiro atoms. The van der Waals surface area contributed by atoms with E-state index >= 15 is 0 Å². The van der Waals surface area contributed by atoms with Gasteiger partial charge in [0.2, 0.25) is 0 Å². The van der Waals surface area contributed by atoms with Crippen LogP contribution in [0.15, 0.2) is 57.7 Å². The second-order valence-corrected chi connectivity index (χ2v) is 5.09. The van der Waals surface area contributed by atoms with Crippen LogP contribution in [-0.2, 0) is 6.61 Å². The first kappa shape index (κ1) is 14.5. The van der Waals surface area contributed by atoms with Crippen molar-refractivity contribution in [2.45, 2.75) is 6.61 Å². The van der Waals surface area contributed by atoms with E-state index in [2.05, 4.69) is 0 Å². The Balaban J connectivity index is 1.99. The van der Waals surface area contributed by atoms with E-state index in [1.165, 1.54) is 13.2 Å². The summed E-state index contributed by atoms with van der Waals surface area (Å²) in [6.45, 7) is 0.403. The van der Waals surface area contributed by atoms with Gasteiger partial charge < -0.3 is 13.9 Å². The molecule has 1 aromatic heterocycles. The summed E-state index contributed by atoms with van der Waals surface area (Å²) in [6.07, 6.45) is 0. The molecule has 4 nitrogen and oxygen atoms in total. The molecule has 0 radical (unpaired) electrons. The van der Waals surface area contributed by atoms with Crippen molar-refractivity contribution in [1.29, 1.82) is 0 Å². The number of hydrogen-bond donors (Lipinski definition) is 0. The van der Waals surface area contributed by atoms with Crippen molar-refractivity contribution in [3.63, 3.8) is 0 Å². The summed E-state index contributed by atoms with van der Waals surface area (Å²) in [4.78, 5) is 11.5. The molecule has 0 aliphatic rings. The van der Waals surface area contributed by atoms with Crippen molar-refractivity contribution in [3.8, 4) is 11.5 Å². The van der Waals surface area contributed by atoms with Gasteiger partial charge in [0.25, 0.3) is 0 Å². The predicted molar refractivity (Wildman–Crippen MR) is 84.8 cm³/mol. The number of hydrogen-bond acceptors (Lipinski definition) is 4. The third-order valence-electron chi connectivity index (χ3n) is 3.20. The number of fused-ring (bicyclic) bond motifs is 1. The highest BCUT2D eigenvalue weighted by molar-refractivity contribution is 6.35. The Hall–Kier alpha value is -2.46. The Labute approximate surface area is 131 Å². The summed E-state index contributed by atoms with van der Waals surface area (Å²) >= 11 is 6.09. The van der Waals surface area contributed by atoms with E-state index in [1.807, 2.05) is 30.3 Å². The molecule has 22 heavy (non-hydrogen) atoms. The molecule has 0 unspecified atom stereocenters. The van der Waals surface area contributed by atoms with Gasteiger partial charge in [-0.05, 0) is 5.56 Å². The average molecular weight is 317 g/mol. The van der Waals surface area contributed by atoms with E-state index in [9.17, 15) is 4.79 Å². The topological polar surface area (TPSA) is 48.7 Å². The summed E-state index contributed by atoms with van der Waals surface area (Å²) in [5.41, 5.74) is 0.855. The highest BCUT2D eigenvalue weighted by atomic mass is 35.5. The smallest absolute Gasteiger partial charge is 0.337 e. The van der Waals surface area contributed by atoms with Crippen LogP contribution in [0.2, 0.25) is 5.02 Å². The maximum Gasteiger partial charge on any atom is 0.337 e. The zero-order valence-corrected chi connectivity index (χ0v) is 12.6. The molecule has 3 rings (SSSR count). The van der Waals surface area contributed by atoms with Gasteiger partial charge in [0, 0.05) is 18.2 Å². The summed E-state index contributed by atoms with van der Waals surface area (Å²) in [5, 5.41) is 0.841. The van der Waals surface area contributed by atoms with Crippen molar-refractivity contribution in [2.24, 2.45) is 0 Å². The summed E-state index contributed by atoms with van der Waals surface area (Å²) in [6, 6.07) is 14.3. The SMILES string of the molecule is COc1cc(OCc2ccccc2)cc2oc(=O)cc(Cl)c12. The summed E-state index contributed by atoms with van der Waals surface area (Å²) < 4.78 is 16.2. The lowest BCUT2D eigenvalue weighted by Gasteiger charge is -2.11. The number of rotatable bonds is 4. The molecule has 3 aromatic rings. The largest absolute Gasteiger partial charge is 0.496 e. The molecule has 0 bridgehead atoms. The third-order valence-corrected chi connectivity index (χ3v) is 3.50. The van der Waals surface area contributed by atoms with Crippen LogP contribution in [0, 0.1) is 0 Å². The van der Waals surface area contributed by atoms with E-state index in [4.69, 9.17) is 25.5 Å². The molecule has 0 amide bonds. The lowest BCUT2D eigenvalue weighted by atomic mass is 10.2. The minimum Gasteiger partial charge on any atom is -0.496 e. The van der Waals surface area contributed by atoms with Crippen molar-refractivity contribution in [3.05, 3.63) is 69.5 Å². The van der Waals surface area contributed by atoms with Crippen LogP contribution < -0.4 is 15.1 Å². The molecule has 112 valence electrons. The van der Waals surface area contributed by atoms with Crippen molar-refractivity contribution >= 4 is 22.6 Å². The van der Waals surface area contributed by atoms with Gasteiger partial charge >= 0.3 is 5.63 Å². The second kappa shape index (κ2) is 6.12. The fourth-order valence-corrected chi connectivity index (χ4v) is 2.46. The van der Waals surface area contributed by atoms with Gasteiger partial charge in [-0.2, -0.15) is 0 Å². The van der Waals surface area contributed by atoms with Crippen LogP contribution in [0.4, 0.5) is 0 Å². The van der Waals surface area contributed by atoms with Crippen LogP contribution >= 0.6 is 11.6 Å². The molecule has 0 fully saturated rings. The van der Waals surface area contributed by atoms with Crippen LogP contribution in [0.1, 0.15) is 5.56 Å². The maximum absolute atomic E-state index is 11.5. The van der Waals surface area contributed by atoms with Gasteiger partial charge in [0.15, 0.2) is 0 Å². The quantitative estimate of drug-likeness (QED) is 0.682. The first-order valence-electron chi connectivity index (χ1n) is 6.65. The van der Waals surface area contributed by atoms with Gasteiger partial charge in [-0.1, -0.05) is 41.9 Å². The van der Waals surface area contributed by atoms with Gasteiger partial charge in [-0.15, -0.1) is 0 Å². The van der Waals surface area contributed by atoms with Gasteiger partial charge in [0.1, 0.15) is 23.7 Å². The Morgan fingerprint density at radius 3 is 2.64 bits per heavy atom. The fraction of sp³-hybridized carbons (Fsp3) is 0.118. The van der Waals surface area contributed by atoms with E-state index < -0.39 is 5.63 Å². The molecular formula is C17H13ClO4. The number of methoxy groups -OCH3 is 1. The number of benzene rings is 2. The fourth-order valence-electron chi connectivity index (χ4n) is 2.18. The average Bonchev–Trinajstić information content (AvgIpc) is 2.52. The molecule has 2 aromatic carbocycles. The Bertz CT molecular complexity index is 856. The predicted octanol–water partition coefficient (Wildman–Crippen LogP) is 4.03. The molecule has 5 heteroatoms. The van der Waals surface area contributed by atoms with E-state index in [0.717, 1.165) is 5.56 Å². The lowest BCUT2D eigenvalue weighted by molar-refractivity contribution is 0.304.